The van der Waals surface area contributed by atoms with Crippen LogP contribution >= 0.6 is 12.4 Å². The van der Waals surface area contributed by atoms with Crippen LogP contribution in [0.4, 0.5) is 0 Å². The van der Waals surface area contributed by atoms with Crippen LogP contribution in [0.1, 0.15) is 23.2 Å². The van der Waals surface area contributed by atoms with Crippen LogP contribution in [0.5, 0.6) is 5.75 Å². The fourth-order valence-corrected chi connectivity index (χ4v) is 2.10. The summed E-state index contributed by atoms with van der Waals surface area (Å²) in [6.45, 7) is 1.66. The molecule has 2 amide bonds. The third kappa shape index (κ3) is 5.61. The van der Waals surface area contributed by atoms with Crippen LogP contribution in [0, 0.1) is 0 Å². The Hall–Kier alpha value is -1.79. The van der Waals surface area contributed by atoms with E-state index < -0.39 is 5.91 Å². The predicted molar refractivity (Wildman–Crippen MR) is 81.7 cm³/mol. The summed E-state index contributed by atoms with van der Waals surface area (Å²) in [6, 6.07) is 6.82. The van der Waals surface area contributed by atoms with Crippen molar-refractivity contribution in [2.24, 2.45) is 5.73 Å². The quantitative estimate of drug-likeness (QED) is 0.736. The highest BCUT2D eigenvalue weighted by molar-refractivity contribution is 5.94. The molecule has 2 rings (SSSR count). The number of halogens is 1. The third-order valence-electron chi connectivity index (χ3n) is 3.13. The molecule has 0 bridgehead atoms. The maximum atomic E-state index is 12.0. The molecular formula is C14H20ClN3O3. The number of hydrogen-bond donors (Lipinski definition) is 3. The van der Waals surface area contributed by atoms with Gasteiger partial charge in [-0.25, -0.2) is 0 Å². The maximum Gasteiger partial charge on any atom is 0.255 e. The maximum absolute atomic E-state index is 12.0. The summed E-state index contributed by atoms with van der Waals surface area (Å²) >= 11 is 0. The van der Waals surface area contributed by atoms with Crippen molar-refractivity contribution in [2.45, 2.75) is 18.9 Å². The van der Waals surface area contributed by atoms with Crippen molar-refractivity contribution in [1.29, 1.82) is 0 Å². The predicted octanol–water partition coefficient (Wildman–Crippen LogP) is 0.454. The Bertz CT molecular complexity index is 473. The highest BCUT2D eigenvalue weighted by Crippen LogP contribution is 2.12. The fraction of sp³-hybridized carbons (Fsp3) is 0.429. The van der Waals surface area contributed by atoms with E-state index in [-0.39, 0.29) is 31.0 Å². The van der Waals surface area contributed by atoms with E-state index in [1.807, 2.05) is 0 Å². The van der Waals surface area contributed by atoms with E-state index in [1.165, 1.54) is 0 Å². The molecule has 7 heteroatoms. The number of ether oxygens (including phenoxy) is 1. The molecule has 1 aliphatic heterocycles. The molecule has 1 unspecified atom stereocenters. The number of nitrogens with one attached hydrogen (secondary N) is 2. The lowest BCUT2D eigenvalue weighted by molar-refractivity contribution is -0.119. The minimum atomic E-state index is -0.531. The van der Waals surface area contributed by atoms with Crippen LogP contribution in [0.3, 0.4) is 0 Å². The van der Waals surface area contributed by atoms with Gasteiger partial charge in [0.05, 0.1) is 0 Å². The van der Waals surface area contributed by atoms with Gasteiger partial charge in [0.25, 0.3) is 11.8 Å². The van der Waals surface area contributed by atoms with Gasteiger partial charge in [-0.15, -0.1) is 12.4 Å². The number of rotatable bonds is 5. The SMILES string of the molecule is Cl.NC(=O)COc1ccc(C(=O)NC2CCCNC2)cc1. The number of benzene rings is 1. The van der Waals surface area contributed by atoms with Crippen LogP contribution in [-0.2, 0) is 4.79 Å². The summed E-state index contributed by atoms with van der Waals surface area (Å²) < 4.78 is 5.14. The van der Waals surface area contributed by atoms with Gasteiger partial charge in [-0.2, -0.15) is 0 Å². The van der Waals surface area contributed by atoms with Gasteiger partial charge in [0.15, 0.2) is 6.61 Å². The number of primary amides is 1. The second kappa shape index (κ2) is 8.49. The van der Waals surface area contributed by atoms with E-state index in [0.717, 1.165) is 25.9 Å². The number of hydrogen-bond acceptors (Lipinski definition) is 4. The summed E-state index contributed by atoms with van der Waals surface area (Å²) in [5, 5.41) is 6.24. The molecule has 0 aliphatic carbocycles. The molecule has 0 saturated carbocycles. The van der Waals surface area contributed by atoms with E-state index in [1.54, 1.807) is 24.3 Å². The van der Waals surface area contributed by atoms with Gasteiger partial charge in [-0.3, -0.25) is 9.59 Å². The van der Waals surface area contributed by atoms with Crippen LogP contribution in [-0.4, -0.2) is 37.6 Å². The molecule has 6 nitrogen and oxygen atoms in total. The van der Waals surface area contributed by atoms with Gasteiger partial charge in [-0.1, -0.05) is 0 Å². The van der Waals surface area contributed by atoms with E-state index in [9.17, 15) is 9.59 Å². The smallest absolute Gasteiger partial charge is 0.255 e. The fourth-order valence-electron chi connectivity index (χ4n) is 2.10. The number of nitrogens with two attached hydrogens (primary N) is 1. The normalized spacial score (nSPS) is 17.4. The Morgan fingerprint density at radius 2 is 2.05 bits per heavy atom. The summed E-state index contributed by atoms with van der Waals surface area (Å²) in [6.07, 6.45) is 2.07. The molecule has 116 valence electrons. The Morgan fingerprint density at radius 1 is 1.33 bits per heavy atom. The van der Waals surface area contributed by atoms with Crippen molar-refractivity contribution in [3.8, 4) is 5.75 Å². The molecule has 0 radical (unpaired) electrons. The van der Waals surface area contributed by atoms with Crippen molar-refractivity contribution in [1.82, 2.24) is 10.6 Å². The van der Waals surface area contributed by atoms with Crippen molar-refractivity contribution < 1.29 is 14.3 Å². The Balaban J connectivity index is 0.00000220. The Kier molecular flexibility index (Phi) is 6.98. The van der Waals surface area contributed by atoms with Crippen LogP contribution in [0.15, 0.2) is 24.3 Å². The minimum Gasteiger partial charge on any atom is -0.484 e. The van der Waals surface area contributed by atoms with Gasteiger partial charge < -0.3 is 21.1 Å². The van der Waals surface area contributed by atoms with Crippen molar-refractivity contribution in [3.63, 3.8) is 0 Å². The molecule has 21 heavy (non-hydrogen) atoms. The molecule has 1 atom stereocenters. The molecule has 1 saturated heterocycles. The molecule has 1 aromatic rings. The lowest BCUT2D eigenvalue weighted by Gasteiger charge is -2.23. The Morgan fingerprint density at radius 3 is 2.62 bits per heavy atom. The monoisotopic (exact) mass is 313 g/mol. The number of piperidine rings is 1. The van der Waals surface area contributed by atoms with Gasteiger partial charge in [-0.05, 0) is 43.7 Å². The summed E-state index contributed by atoms with van der Waals surface area (Å²) in [4.78, 5) is 22.6. The van der Waals surface area contributed by atoms with Crippen LogP contribution in [0.25, 0.3) is 0 Å². The first-order chi connectivity index (χ1) is 9.65. The molecule has 1 heterocycles. The average molecular weight is 314 g/mol. The third-order valence-corrected chi connectivity index (χ3v) is 3.13. The van der Waals surface area contributed by atoms with E-state index in [0.29, 0.717) is 11.3 Å². The molecule has 4 N–H and O–H groups in total. The molecule has 0 spiro atoms. The number of carbonyl (C=O) groups excluding carboxylic acids is 2. The zero-order chi connectivity index (χ0) is 14.4. The van der Waals surface area contributed by atoms with Gasteiger partial charge in [0.1, 0.15) is 5.75 Å². The van der Waals surface area contributed by atoms with E-state index in [4.69, 9.17) is 10.5 Å². The lowest BCUT2D eigenvalue weighted by Crippen LogP contribution is -2.45. The van der Waals surface area contributed by atoms with Crippen molar-refractivity contribution in [3.05, 3.63) is 29.8 Å². The van der Waals surface area contributed by atoms with Crippen LogP contribution in [0.2, 0.25) is 0 Å². The highest BCUT2D eigenvalue weighted by Gasteiger charge is 2.16. The molecular weight excluding hydrogens is 294 g/mol. The second-order valence-electron chi connectivity index (χ2n) is 4.80. The summed E-state index contributed by atoms with van der Waals surface area (Å²) in [7, 11) is 0. The lowest BCUT2D eigenvalue weighted by atomic mass is 10.1. The van der Waals surface area contributed by atoms with Crippen molar-refractivity contribution in [2.75, 3.05) is 19.7 Å². The number of carbonyl (C=O) groups is 2. The van der Waals surface area contributed by atoms with Gasteiger partial charge in [0.2, 0.25) is 0 Å². The molecule has 1 aromatic carbocycles. The van der Waals surface area contributed by atoms with Crippen LogP contribution < -0.4 is 21.1 Å². The average Bonchev–Trinajstić information content (AvgIpc) is 2.46. The molecule has 1 fully saturated rings. The second-order valence-corrected chi connectivity index (χ2v) is 4.80. The first-order valence-corrected chi connectivity index (χ1v) is 6.68. The first-order valence-electron chi connectivity index (χ1n) is 6.68. The zero-order valence-corrected chi connectivity index (χ0v) is 12.4. The molecule has 1 aliphatic rings. The van der Waals surface area contributed by atoms with Gasteiger partial charge >= 0.3 is 0 Å². The van der Waals surface area contributed by atoms with E-state index >= 15 is 0 Å². The topological polar surface area (TPSA) is 93.5 Å². The van der Waals surface area contributed by atoms with Gasteiger partial charge in [0, 0.05) is 18.2 Å². The Labute approximate surface area is 129 Å². The van der Waals surface area contributed by atoms with E-state index in [2.05, 4.69) is 10.6 Å². The largest absolute Gasteiger partial charge is 0.484 e. The number of amides is 2. The minimum absolute atomic E-state index is 0. The van der Waals surface area contributed by atoms with Crippen molar-refractivity contribution >= 4 is 24.2 Å². The molecule has 0 aromatic heterocycles. The summed E-state index contributed by atoms with van der Waals surface area (Å²) in [5.41, 5.74) is 5.56. The zero-order valence-electron chi connectivity index (χ0n) is 11.6. The highest BCUT2D eigenvalue weighted by atomic mass is 35.5. The first kappa shape index (κ1) is 17.3. The standard InChI is InChI=1S/C14H19N3O3.ClH/c15-13(18)9-20-12-5-3-10(4-6-12)14(19)17-11-2-1-7-16-8-11;/h3-6,11,16H,1-2,7-9H2,(H2,15,18)(H,17,19);1H. The summed E-state index contributed by atoms with van der Waals surface area (Å²) in [5.74, 6) is -0.114.